The number of carbonyl (C=O) groups is 2. The lowest BCUT2D eigenvalue weighted by atomic mass is 9.88. The number of nitrogens with zero attached hydrogens (tertiary/aromatic N) is 1. The van der Waals surface area contributed by atoms with Crippen LogP contribution in [-0.2, 0) is 26.0 Å². The van der Waals surface area contributed by atoms with Crippen molar-refractivity contribution in [1.82, 2.24) is 5.32 Å². The lowest BCUT2D eigenvalue weighted by molar-refractivity contribution is -0.125. The van der Waals surface area contributed by atoms with Gasteiger partial charge in [-0.1, -0.05) is 48.0 Å². The number of ether oxygens (including phenoxy) is 1. The summed E-state index contributed by atoms with van der Waals surface area (Å²) < 4.78 is 32.5. The van der Waals surface area contributed by atoms with Gasteiger partial charge in [0, 0.05) is 7.05 Å². The Hall–Kier alpha value is -3.65. The molecule has 0 aliphatic heterocycles. The minimum absolute atomic E-state index is 0.0433. The Labute approximate surface area is 205 Å². The lowest BCUT2D eigenvalue weighted by Gasteiger charge is -2.26. The Morgan fingerprint density at radius 2 is 1.77 bits per heavy atom. The first-order valence-electron chi connectivity index (χ1n) is 11.5. The van der Waals surface area contributed by atoms with E-state index in [0.717, 1.165) is 34.7 Å². The van der Waals surface area contributed by atoms with Crippen molar-refractivity contribution in [3.05, 3.63) is 95.1 Å². The zero-order valence-corrected chi connectivity index (χ0v) is 20.5. The molecule has 0 aromatic heterocycles. The van der Waals surface area contributed by atoms with Crippen molar-refractivity contribution in [3.63, 3.8) is 0 Å². The van der Waals surface area contributed by atoms with Gasteiger partial charge in [0.1, 0.15) is 0 Å². The molecule has 0 saturated carbocycles. The average molecular weight is 493 g/mol. The van der Waals surface area contributed by atoms with E-state index in [4.69, 9.17) is 4.74 Å². The molecule has 0 saturated heterocycles. The number of rotatable bonds is 7. The molecule has 35 heavy (non-hydrogen) atoms. The van der Waals surface area contributed by atoms with Crippen LogP contribution in [0.25, 0.3) is 0 Å². The monoisotopic (exact) mass is 492 g/mol. The molecule has 1 aliphatic rings. The third-order valence-corrected chi connectivity index (χ3v) is 7.95. The van der Waals surface area contributed by atoms with Gasteiger partial charge in [0.25, 0.3) is 15.9 Å². The maximum absolute atomic E-state index is 13.1. The minimum atomic E-state index is -3.89. The molecule has 0 heterocycles. The van der Waals surface area contributed by atoms with Gasteiger partial charge in [-0.15, -0.1) is 0 Å². The van der Waals surface area contributed by atoms with E-state index in [9.17, 15) is 18.0 Å². The highest BCUT2D eigenvalue weighted by atomic mass is 32.2. The van der Waals surface area contributed by atoms with Crippen LogP contribution in [0.4, 0.5) is 5.69 Å². The van der Waals surface area contributed by atoms with Crippen LogP contribution in [0.2, 0.25) is 0 Å². The molecule has 0 bridgehead atoms. The number of carbonyl (C=O) groups excluding carboxylic acids is 2. The second-order valence-electron chi connectivity index (χ2n) is 8.62. The first-order chi connectivity index (χ1) is 16.8. The lowest BCUT2D eigenvalue weighted by Crippen LogP contribution is -2.34. The van der Waals surface area contributed by atoms with Crippen LogP contribution in [0.15, 0.2) is 77.7 Å². The molecule has 1 aliphatic carbocycles. The molecule has 0 spiro atoms. The van der Waals surface area contributed by atoms with Crippen molar-refractivity contribution in [2.75, 3.05) is 18.0 Å². The maximum atomic E-state index is 13.1. The Morgan fingerprint density at radius 1 is 1.03 bits per heavy atom. The van der Waals surface area contributed by atoms with Gasteiger partial charge in [-0.25, -0.2) is 13.2 Å². The number of hydrogen-bond acceptors (Lipinski definition) is 5. The predicted molar refractivity (Wildman–Crippen MR) is 134 cm³/mol. The molecule has 0 radical (unpaired) electrons. The number of fused-ring (bicyclic) bond motifs is 1. The number of amides is 1. The molecule has 0 fully saturated rings. The van der Waals surface area contributed by atoms with Crippen LogP contribution in [0, 0.1) is 6.92 Å². The first-order valence-corrected chi connectivity index (χ1v) is 12.9. The predicted octanol–water partition coefficient (Wildman–Crippen LogP) is 4.17. The molecule has 7 nitrogen and oxygen atoms in total. The minimum Gasteiger partial charge on any atom is -0.452 e. The summed E-state index contributed by atoms with van der Waals surface area (Å²) >= 11 is 0. The molecule has 4 rings (SSSR count). The summed E-state index contributed by atoms with van der Waals surface area (Å²) in [5.74, 6) is -1.16. The molecule has 182 valence electrons. The number of hydrogen-bond donors (Lipinski definition) is 1. The van der Waals surface area contributed by atoms with E-state index in [0.29, 0.717) is 5.69 Å². The zero-order chi connectivity index (χ0) is 25.0. The molecule has 3 aromatic rings. The van der Waals surface area contributed by atoms with Gasteiger partial charge in [-0.3, -0.25) is 9.10 Å². The van der Waals surface area contributed by atoms with Gasteiger partial charge >= 0.3 is 5.97 Å². The van der Waals surface area contributed by atoms with Crippen molar-refractivity contribution in [3.8, 4) is 0 Å². The van der Waals surface area contributed by atoms with Crippen molar-refractivity contribution < 1.29 is 22.7 Å². The number of nitrogens with one attached hydrogen (secondary N) is 1. The third kappa shape index (κ3) is 5.54. The summed E-state index contributed by atoms with van der Waals surface area (Å²) in [6.45, 7) is 1.47. The summed E-state index contributed by atoms with van der Waals surface area (Å²) in [5, 5.41) is 2.94. The van der Waals surface area contributed by atoms with Gasteiger partial charge in [-0.05, 0) is 67.6 Å². The normalized spacial score (nSPS) is 15.1. The van der Waals surface area contributed by atoms with E-state index in [1.807, 2.05) is 37.3 Å². The van der Waals surface area contributed by atoms with Crippen LogP contribution in [0.3, 0.4) is 0 Å². The molecule has 1 N–H and O–H groups in total. The second-order valence-corrected chi connectivity index (χ2v) is 10.6. The zero-order valence-electron chi connectivity index (χ0n) is 19.7. The van der Waals surface area contributed by atoms with Crippen LogP contribution in [0.5, 0.6) is 0 Å². The first kappa shape index (κ1) is 24.5. The van der Waals surface area contributed by atoms with Crippen LogP contribution in [0.1, 0.15) is 45.9 Å². The molecule has 1 atom stereocenters. The standard InChI is InChI=1S/C27H28N2O5S/c1-19-13-15-22(16-14-19)29(2)35(32,33)23-10-5-9-21(17-23)27(31)34-18-26(30)28-25-12-6-8-20-7-3-4-11-24(20)25/h3-5,7,9-11,13-17,25H,6,8,12,18H2,1-2H3,(H,28,30)/t25-/m1/s1. The van der Waals surface area contributed by atoms with E-state index in [1.165, 1.54) is 36.9 Å². The summed E-state index contributed by atoms with van der Waals surface area (Å²) in [4.78, 5) is 25.0. The van der Waals surface area contributed by atoms with Crippen molar-refractivity contribution in [1.29, 1.82) is 0 Å². The summed E-state index contributed by atoms with van der Waals surface area (Å²) in [6.07, 6.45) is 2.78. The molecule has 8 heteroatoms. The van der Waals surface area contributed by atoms with E-state index in [1.54, 1.807) is 12.1 Å². The van der Waals surface area contributed by atoms with Gasteiger partial charge in [0.2, 0.25) is 0 Å². The molecule has 3 aromatic carbocycles. The van der Waals surface area contributed by atoms with Crippen molar-refractivity contribution in [2.45, 2.75) is 37.1 Å². The Kier molecular flexibility index (Phi) is 7.21. The van der Waals surface area contributed by atoms with Crippen LogP contribution < -0.4 is 9.62 Å². The van der Waals surface area contributed by atoms with Crippen LogP contribution in [-0.4, -0.2) is 33.9 Å². The Morgan fingerprint density at radius 3 is 2.54 bits per heavy atom. The largest absolute Gasteiger partial charge is 0.452 e. The number of benzene rings is 3. The van der Waals surface area contributed by atoms with E-state index in [-0.39, 0.29) is 16.5 Å². The van der Waals surface area contributed by atoms with Gasteiger partial charge < -0.3 is 10.1 Å². The fraction of sp³-hybridized carbons (Fsp3) is 0.259. The van der Waals surface area contributed by atoms with Crippen molar-refractivity contribution in [2.24, 2.45) is 0 Å². The van der Waals surface area contributed by atoms with Gasteiger partial charge in [-0.2, -0.15) is 0 Å². The highest BCUT2D eigenvalue weighted by molar-refractivity contribution is 7.92. The Bertz CT molecular complexity index is 1340. The fourth-order valence-electron chi connectivity index (χ4n) is 4.19. The highest BCUT2D eigenvalue weighted by Gasteiger charge is 2.24. The van der Waals surface area contributed by atoms with Gasteiger partial charge in [0.15, 0.2) is 6.61 Å². The molecular formula is C27H28N2O5S. The Balaban J connectivity index is 1.40. The molecular weight excluding hydrogens is 464 g/mol. The average Bonchev–Trinajstić information content (AvgIpc) is 2.87. The van der Waals surface area contributed by atoms with E-state index in [2.05, 4.69) is 11.4 Å². The quantitative estimate of drug-likeness (QED) is 0.500. The topological polar surface area (TPSA) is 92.8 Å². The van der Waals surface area contributed by atoms with Crippen molar-refractivity contribution >= 4 is 27.6 Å². The maximum Gasteiger partial charge on any atom is 0.338 e. The number of esters is 1. The van der Waals surface area contributed by atoms with Gasteiger partial charge in [0.05, 0.1) is 22.2 Å². The fourth-order valence-corrected chi connectivity index (χ4v) is 5.43. The van der Waals surface area contributed by atoms with E-state index < -0.39 is 28.5 Å². The summed E-state index contributed by atoms with van der Waals surface area (Å²) in [7, 11) is -2.44. The molecule has 0 unspecified atom stereocenters. The number of aryl methyl sites for hydroxylation is 2. The second kappa shape index (κ2) is 10.3. The summed E-state index contributed by atoms with van der Waals surface area (Å²) in [6, 6.07) is 20.6. The highest BCUT2D eigenvalue weighted by Crippen LogP contribution is 2.29. The molecule has 1 amide bonds. The van der Waals surface area contributed by atoms with Crippen LogP contribution >= 0.6 is 0 Å². The number of anilines is 1. The van der Waals surface area contributed by atoms with E-state index >= 15 is 0 Å². The number of sulfonamides is 1. The smallest absolute Gasteiger partial charge is 0.338 e. The summed E-state index contributed by atoms with van der Waals surface area (Å²) in [5.41, 5.74) is 3.88. The SMILES string of the molecule is Cc1ccc(N(C)S(=O)(=O)c2cccc(C(=O)OCC(=O)N[C@@H]3CCCc4ccccc43)c2)cc1. The third-order valence-electron chi connectivity index (χ3n) is 6.16.